The molecule has 0 unspecified atom stereocenters. The molecule has 262 valence electrons. The van der Waals surface area contributed by atoms with Gasteiger partial charge in [-0.05, 0) is 91.1 Å². The second-order valence-electron chi connectivity index (χ2n) is 13.2. The number of aldehydes is 1. The van der Waals surface area contributed by atoms with Crippen molar-refractivity contribution in [3.8, 4) is 16.9 Å². The summed E-state index contributed by atoms with van der Waals surface area (Å²) in [6, 6.07) is 13.7. The Morgan fingerprint density at radius 3 is 2.34 bits per heavy atom. The predicted octanol–water partition coefficient (Wildman–Crippen LogP) is 7.63. The van der Waals surface area contributed by atoms with E-state index in [0.29, 0.717) is 35.9 Å². The number of aliphatic hydroxyl groups is 1. The second kappa shape index (κ2) is 14.2. The summed E-state index contributed by atoms with van der Waals surface area (Å²) in [4.78, 5) is 32.2. The average Bonchev–Trinajstić information content (AvgIpc) is 3.43. The van der Waals surface area contributed by atoms with Crippen LogP contribution in [0.25, 0.3) is 23.3 Å². The maximum Gasteiger partial charge on any atom is 0.417 e. The molecule has 1 saturated carbocycles. The highest BCUT2D eigenvalue weighted by Crippen LogP contribution is 2.38. The first-order valence-electron chi connectivity index (χ1n) is 16.8. The van der Waals surface area contributed by atoms with Crippen LogP contribution in [0, 0.1) is 13.8 Å². The van der Waals surface area contributed by atoms with E-state index >= 15 is 0 Å². The van der Waals surface area contributed by atoms with Crippen LogP contribution in [0.5, 0.6) is 5.75 Å². The minimum atomic E-state index is -4.67. The molecule has 1 aromatic heterocycles. The third-order valence-corrected chi connectivity index (χ3v) is 10.2. The molecule has 8 nitrogen and oxygen atoms in total. The van der Waals surface area contributed by atoms with Crippen LogP contribution in [-0.4, -0.2) is 57.6 Å². The van der Waals surface area contributed by atoms with Crippen LogP contribution >= 0.6 is 0 Å². The van der Waals surface area contributed by atoms with Gasteiger partial charge in [-0.3, -0.25) is 14.5 Å². The first kappa shape index (κ1) is 35.1. The molecule has 0 atom stereocenters. The van der Waals surface area contributed by atoms with Gasteiger partial charge in [0.1, 0.15) is 5.75 Å². The summed E-state index contributed by atoms with van der Waals surface area (Å²) in [5, 5.41) is 13.0. The molecule has 1 fully saturated rings. The van der Waals surface area contributed by atoms with Crippen LogP contribution in [-0.2, 0) is 26.2 Å². The number of hydrogen-bond acceptors (Lipinski definition) is 6. The molecule has 11 heteroatoms. The number of nitrogens with one attached hydrogen (secondary N) is 1. The smallest absolute Gasteiger partial charge is 0.417 e. The first-order chi connectivity index (χ1) is 23.9. The topological polar surface area (TPSA) is 96.7 Å². The summed E-state index contributed by atoms with van der Waals surface area (Å²) in [6.45, 7) is 5.40. The number of amides is 1. The van der Waals surface area contributed by atoms with E-state index in [0.717, 1.165) is 78.4 Å². The number of nitrogens with zero attached hydrogens (tertiary/aromatic N) is 3. The van der Waals surface area contributed by atoms with Crippen molar-refractivity contribution in [2.45, 2.75) is 70.8 Å². The molecule has 2 N–H and O–H groups in total. The normalized spacial score (nSPS) is 18.2. The minimum absolute atomic E-state index is 0.0567. The van der Waals surface area contributed by atoms with Crippen LogP contribution in [0.1, 0.15) is 85.9 Å². The van der Waals surface area contributed by atoms with Gasteiger partial charge >= 0.3 is 6.18 Å². The standard InChI is InChI=1S/C39H41F3N4O4/c1-23-25(11-12-26-20-36(50-4)27(22-47)19-32(26)39(40,41)42)7-5-8-30(23)31-9-6-10-33(24(31)2)44-38(49)37-43-34-21-46(18-17-35(34)45(37)3)28-13-15-29(48)16-14-28/h5-12,19-20,22,28-29,48H,13-18,21H2,1-4H3,(H,44,49)/b12-11+. The lowest BCUT2D eigenvalue weighted by atomic mass is 9.91. The van der Waals surface area contributed by atoms with Gasteiger partial charge in [0.25, 0.3) is 5.91 Å². The van der Waals surface area contributed by atoms with Gasteiger partial charge in [-0.2, -0.15) is 13.2 Å². The minimum Gasteiger partial charge on any atom is -0.496 e. The summed E-state index contributed by atoms with van der Waals surface area (Å²) >= 11 is 0. The van der Waals surface area contributed by atoms with Crippen molar-refractivity contribution < 1.29 is 32.6 Å². The number of carbonyl (C=O) groups excluding carboxylic acids is 2. The van der Waals surface area contributed by atoms with Crippen molar-refractivity contribution >= 4 is 30.0 Å². The first-order valence-corrected chi connectivity index (χ1v) is 16.8. The molecule has 4 aromatic rings. The van der Waals surface area contributed by atoms with E-state index in [-0.39, 0.29) is 28.9 Å². The fourth-order valence-electron chi connectivity index (χ4n) is 7.30. The highest BCUT2D eigenvalue weighted by atomic mass is 19.4. The van der Waals surface area contributed by atoms with E-state index in [1.807, 2.05) is 61.9 Å². The third-order valence-electron chi connectivity index (χ3n) is 10.2. The Morgan fingerprint density at radius 2 is 1.66 bits per heavy atom. The fourth-order valence-corrected chi connectivity index (χ4v) is 7.30. The van der Waals surface area contributed by atoms with Crippen LogP contribution in [0.3, 0.4) is 0 Å². The molecule has 2 heterocycles. The fraction of sp³-hybridized carbons (Fsp3) is 0.359. The monoisotopic (exact) mass is 686 g/mol. The number of ether oxygens (including phenoxy) is 1. The number of imidazole rings is 1. The quantitative estimate of drug-likeness (QED) is 0.146. The number of aromatic nitrogens is 2. The highest BCUT2D eigenvalue weighted by Gasteiger charge is 2.34. The molecule has 1 aliphatic heterocycles. The predicted molar refractivity (Wildman–Crippen MR) is 187 cm³/mol. The Morgan fingerprint density at radius 1 is 0.980 bits per heavy atom. The van der Waals surface area contributed by atoms with Crippen molar-refractivity contribution in [1.82, 2.24) is 14.5 Å². The third kappa shape index (κ3) is 6.97. The molecule has 0 spiro atoms. The van der Waals surface area contributed by atoms with E-state index in [9.17, 15) is 27.9 Å². The van der Waals surface area contributed by atoms with Gasteiger partial charge in [0.15, 0.2) is 12.1 Å². The number of hydrogen-bond donors (Lipinski definition) is 2. The Labute approximate surface area is 289 Å². The van der Waals surface area contributed by atoms with Crippen molar-refractivity contribution in [1.29, 1.82) is 0 Å². The number of carbonyl (C=O) groups is 2. The van der Waals surface area contributed by atoms with Gasteiger partial charge in [0.2, 0.25) is 0 Å². The largest absolute Gasteiger partial charge is 0.496 e. The lowest BCUT2D eigenvalue weighted by molar-refractivity contribution is -0.137. The zero-order valence-electron chi connectivity index (χ0n) is 28.6. The number of benzene rings is 3. The van der Waals surface area contributed by atoms with Gasteiger partial charge in [0, 0.05) is 44.0 Å². The molecule has 1 aliphatic carbocycles. The van der Waals surface area contributed by atoms with Crippen LogP contribution in [0.4, 0.5) is 18.9 Å². The van der Waals surface area contributed by atoms with Gasteiger partial charge in [-0.1, -0.05) is 42.5 Å². The van der Waals surface area contributed by atoms with E-state index in [4.69, 9.17) is 9.72 Å². The SMILES string of the molecule is COc1cc(/C=C/c2cccc(-c3cccc(NC(=O)c4nc5c(n4C)CCN(C4CCC(O)CC4)C5)c3C)c2C)c(C(F)(F)F)cc1C=O. The van der Waals surface area contributed by atoms with E-state index in [2.05, 4.69) is 10.2 Å². The van der Waals surface area contributed by atoms with Crippen molar-refractivity contribution in [3.63, 3.8) is 0 Å². The summed E-state index contributed by atoms with van der Waals surface area (Å²) < 4.78 is 48.8. The summed E-state index contributed by atoms with van der Waals surface area (Å²) in [6.07, 6.45) is 2.84. The zero-order valence-corrected chi connectivity index (χ0v) is 28.6. The maximum atomic E-state index is 13.9. The van der Waals surface area contributed by atoms with Crippen molar-refractivity contribution in [2.24, 2.45) is 7.05 Å². The number of halogens is 3. The lowest BCUT2D eigenvalue weighted by Gasteiger charge is -2.37. The van der Waals surface area contributed by atoms with Gasteiger partial charge in [0.05, 0.1) is 30.0 Å². The molecule has 3 aromatic carbocycles. The van der Waals surface area contributed by atoms with Crippen LogP contribution in [0.2, 0.25) is 0 Å². The second-order valence-corrected chi connectivity index (χ2v) is 13.2. The van der Waals surface area contributed by atoms with E-state index < -0.39 is 11.7 Å². The molecule has 50 heavy (non-hydrogen) atoms. The van der Waals surface area contributed by atoms with E-state index in [1.165, 1.54) is 19.3 Å². The number of aliphatic hydroxyl groups excluding tert-OH is 1. The van der Waals surface area contributed by atoms with Crippen LogP contribution in [0.15, 0.2) is 48.5 Å². The highest BCUT2D eigenvalue weighted by molar-refractivity contribution is 6.03. The number of rotatable bonds is 8. The molecule has 6 rings (SSSR count). The summed E-state index contributed by atoms with van der Waals surface area (Å²) in [5.41, 5.74) is 5.51. The number of methoxy groups -OCH3 is 1. The van der Waals surface area contributed by atoms with Crippen LogP contribution < -0.4 is 10.1 Å². The van der Waals surface area contributed by atoms with Gasteiger partial charge in [-0.25, -0.2) is 4.98 Å². The Bertz CT molecular complexity index is 1960. The molecule has 0 bridgehead atoms. The Kier molecular flexibility index (Phi) is 10.00. The average molecular weight is 687 g/mol. The van der Waals surface area contributed by atoms with Crippen molar-refractivity contribution in [3.05, 3.63) is 99.1 Å². The maximum absolute atomic E-state index is 13.9. The molecule has 0 saturated heterocycles. The van der Waals surface area contributed by atoms with Gasteiger partial charge < -0.3 is 19.7 Å². The lowest BCUT2D eigenvalue weighted by Crippen LogP contribution is -2.42. The Balaban J connectivity index is 1.24. The zero-order chi connectivity index (χ0) is 35.7. The summed E-state index contributed by atoms with van der Waals surface area (Å²) in [7, 11) is 3.18. The number of anilines is 1. The van der Waals surface area contributed by atoms with Gasteiger partial charge in [-0.15, -0.1) is 0 Å². The summed E-state index contributed by atoms with van der Waals surface area (Å²) in [5.74, 6) is 0.0979. The molecular weight excluding hydrogens is 645 g/mol. The number of fused-ring (bicyclic) bond motifs is 1. The van der Waals surface area contributed by atoms with E-state index in [1.54, 1.807) is 6.08 Å². The molecular formula is C39H41F3N4O4. The number of alkyl halides is 3. The van der Waals surface area contributed by atoms with Crippen molar-refractivity contribution in [2.75, 3.05) is 19.0 Å². The molecule has 0 radical (unpaired) electrons. The Hall–Kier alpha value is -4.74. The molecule has 2 aliphatic rings. The molecule has 1 amide bonds.